The van der Waals surface area contributed by atoms with Crippen molar-refractivity contribution in [3.63, 3.8) is 0 Å². The quantitative estimate of drug-likeness (QED) is 0.231. The highest BCUT2D eigenvalue weighted by atomic mass is 35.7. The van der Waals surface area contributed by atoms with Crippen molar-refractivity contribution in [3.8, 4) is 0 Å². The molecule has 1 fully saturated rings. The van der Waals surface area contributed by atoms with Crippen molar-refractivity contribution in [1.82, 2.24) is 0 Å². The zero-order valence-corrected chi connectivity index (χ0v) is 27.8. The van der Waals surface area contributed by atoms with Gasteiger partial charge in [0.25, 0.3) is 0 Å². The van der Waals surface area contributed by atoms with Crippen molar-refractivity contribution in [3.05, 3.63) is 0 Å². The minimum absolute atomic E-state index is 0.242. The monoisotopic (exact) mass is 498 g/mol. The van der Waals surface area contributed by atoms with Crippen LogP contribution in [-0.4, -0.2) is 34.2 Å². The van der Waals surface area contributed by atoms with E-state index in [9.17, 15) is 0 Å². The fraction of sp³-hybridized carbons (Fsp3) is 1.00. The molecule has 0 bridgehead atoms. The van der Waals surface area contributed by atoms with Crippen LogP contribution in [0.1, 0.15) is 83.1 Å². The van der Waals surface area contributed by atoms with Crippen molar-refractivity contribution < 1.29 is 0 Å². The lowest BCUT2D eigenvalue weighted by atomic mass is 10.2. The first-order valence-corrected chi connectivity index (χ1v) is 29.7. The first-order valence-electron chi connectivity index (χ1n) is 10.6. The van der Waals surface area contributed by atoms with Gasteiger partial charge in [-0.3, -0.25) is 0 Å². The van der Waals surface area contributed by atoms with Gasteiger partial charge in [-0.2, -0.15) is 22.2 Å². The van der Waals surface area contributed by atoms with Crippen LogP contribution in [-0.2, 0) is 0 Å². The van der Waals surface area contributed by atoms with Gasteiger partial charge in [-0.15, -0.1) is 0 Å². The Balaban J connectivity index is 4.49. The summed E-state index contributed by atoms with van der Waals surface area (Å²) in [5, 5.41) is 0.969. The van der Waals surface area contributed by atoms with E-state index < -0.39 is 34.2 Å². The fourth-order valence-electron chi connectivity index (χ4n) is 9.89. The van der Waals surface area contributed by atoms with E-state index in [-0.39, 0.29) is 20.2 Å². The van der Waals surface area contributed by atoms with E-state index in [1.54, 1.807) is 0 Å². The molecule has 0 nitrogen and oxygen atoms in total. The summed E-state index contributed by atoms with van der Waals surface area (Å²) in [6, 6.07) is 0. The minimum atomic E-state index is -2.57. The van der Waals surface area contributed by atoms with Gasteiger partial charge >= 0.3 is 0 Å². The Labute approximate surface area is 185 Å². The molecule has 1 heterocycles. The second kappa shape index (κ2) is 6.35. The average molecular weight is 500 g/mol. The van der Waals surface area contributed by atoms with Crippen LogP contribution in [0.3, 0.4) is 0 Å². The molecule has 0 N–H and O–H groups in total. The Morgan fingerprint density at radius 3 is 0.630 bits per heavy atom. The Kier molecular flexibility index (Phi) is 6.28. The van der Waals surface area contributed by atoms with Crippen molar-refractivity contribution in [2.45, 2.75) is 129 Å². The molecule has 0 spiro atoms. The highest BCUT2D eigenvalue weighted by Gasteiger charge is 2.93. The molecule has 1 aliphatic heterocycles. The lowest BCUT2D eigenvalue weighted by molar-refractivity contribution is 0.641. The van der Waals surface area contributed by atoms with Gasteiger partial charge in [-0.25, -0.2) is 0 Å². The zero-order valence-electron chi connectivity index (χ0n) is 21.3. The molecule has 1 saturated heterocycles. The van der Waals surface area contributed by atoms with Crippen molar-refractivity contribution >= 4 is 56.3 Å². The van der Waals surface area contributed by atoms with Gasteiger partial charge in [0.05, 0.1) is 14.2 Å². The molecule has 1 rings (SSSR count). The molecule has 0 aliphatic carbocycles. The van der Waals surface area contributed by atoms with Crippen LogP contribution in [0, 0.1) is 0 Å². The number of rotatable bonds is 0. The summed E-state index contributed by atoms with van der Waals surface area (Å²) >= 11 is 16.4. The Morgan fingerprint density at radius 1 is 0.407 bits per heavy atom. The van der Waals surface area contributed by atoms with Crippen LogP contribution in [0.15, 0.2) is 0 Å². The van der Waals surface area contributed by atoms with Crippen LogP contribution < -0.4 is 0 Å². The van der Waals surface area contributed by atoms with Gasteiger partial charge in [0.2, 0.25) is 5.73 Å². The Bertz CT molecular complexity index is 516. The number of hydrogen-bond acceptors (Lipinski definition) is 0. The van der Waals surface area contributed by atoms with E-state index in [1.165, 1.54) is 0 Å². The molecule has 0 aromatic rings. The van der Waals surface area contributed by atoms with Gasteiger partial charge in [-0.1, -0.05) is 109 Å². The van der Waals surface area contributed by atoms with Gasteiger partial charge in [-0.05, 0) is 20.2 Å². The highest BCUT2D eigenvalue weighted by Crippen LogP contribution is 2.76. The summed E-state index contributed by atoms with van der Waals surface area (Å²) < 4.78 is 0. The van der Waals surface area contributed by atoms with Crippen LogP contribution in [0.4, 0.5) is 0 Å². The largest absolute Gasteiger partial charge is 0.224 e. The maximum Gasteiger partial charge on any atom is 0.224 e. The lowest BCUT2D eigenvalue weighted by Crippen LogP contribution is -2.81. The topological polar surface area (TPSA) is 0 Å². The van der Waals surface area contributed by atoms with E-state index >= 15 is 0 Å². The zero-order chi connectivity index (χ0) is 22.5. The number of halogens is 2. The van der Waals surface area contributed by atoms with E-state index in [2.05, 4.69) is 109 Å². The summed E-state index contributed by atoms with van der Waals surface area (Å²) in [5.74, 6) is 0. The van der Waals surface area contributed by atoms with Gasteiger partial charge in [0, 0.05) is 14.2 Å². The summed E-state index contributed by atoms with van der Waals surface area (Å²) in [5.41, 5.74) is -2.57. The van der Waals surface area contributed by atoms with Crippen LogP contribution in [0.2, 0.25) is 46.3 Å². The van der Waals surface area contributed by atoms with E-state index in [4.69, 9.17) is 22.2 Å². The normalized spacial score (nSPS) is 26.9. The van der Waals surface area contributed by atoms with Gasteiger partial charge in [0.1, 0.15) is 0 Å². The predicted molar refractivity (Wildman–Crippen MR) is 143 cm³/mol. The van der Waals surface area contributed by atoms with Gasteiger partial charge in [0.15, 0.2) is 0 Å². The standard InChI is InChI=1S/C20H48Cl2Si5/c1-17(2,3)25(18(4,5)6)23(13,14)24(15,16)26(19(7,8)9,20(10,11)12)27(25,21)22/h1-16H3. The first kappa shape index (κ1) is 26.7. The van der Waals surface area contributed by atoms with Crippen molar-refractivity contribution in [1.29, 1.82) is 0 Å². The lowest BCUT2D eigenvalue weighted by Gasteiger charge is -2.63. The summed E-state index contributed by atoms with van der Waals surface area (Å²) in [6.45, 7) is 41.3. The van der Waals surface area contributed by atoms with Crippen LogP contribution >= 0.6 is 22.2 Å². The molecule has 162 valence electrons. The third kappa shape index (κ3) is 2.67. The Hall–Kier alpha value is 1.66. The molecule has 0 radical (unpaired) electrons. The van der Waals surface area contributed by atoms with Crippen LogP contribution in [0.5, 0.6) is 0 Å². The molecule has 7 heteroatoms. The summed E-state index contributed by atoms with van der Waals surface area (Å²) in [7, 11) is -7.44. The van der Waals surface area contributed by atoms with Crippen molar-refractivity contribution in [2.24, 2.45) is 0 Å². The molecule has 1 aliphatic rings. The molecule has 0 atom stereocenters. The van der Waals surface area contributed by atoms with E-state index in [0.717, 1.165) is 0 Å². The van der Waals surface area contributed by atoms with E-state index in [0.29, 0.717) is 0 Å². The molecule has 0 saturated carbocycles. The summed E-state index contributed by atoms with van der Waals surface area (Å²) in [4.78, 5) is 0. The fourth-order valence-corrected chi connectivity index (χ4v) is 274. The second-order valence-electron chi connectivity index (χ2n) is 14.3. The predicted octanol–water partition coefficient (Wildman–Crippen LogP) is 8.83. The first-order chi connectivity index (χ1) is 11.2. The summed E-state index contributed by atoms with van der Waals surface area (Å²) in [6.07, 6.45) is 0. The molecule has 0 amide bonds. The minimum Gasteiger partial charge on any atom is -0.154 e. The average Bonchev–Trinajstić information content (AvgIpc) is 2.26. The van der Waals surface area contributed by atoms with Crippen molar-refractivity contribution in [2.75, 3.05) is 0 Å². The molecule has 0 aromatic carbocycles. The smallest absolute Gasteiger partial charge is 0.154 e. The van der Waals surface area contributed by atoms with E-state index in [1.807, 2.05) is 0 Å². The third-order valence-electron chi connectivity index (χ3n) is 8.88. The SMILES string of the molecule is CC(C)(C)[Si]1(C(C)(C)C)[Si](C)(C)[Si](C)(C)[Si](C(C)(C)C)(C(C)(C)C)[Si]1(Cl)Cl. The maximum absolute atomic E-state index is 8.22. The maximum atomic E-state index is 8.22. The Morgan fingerprint density at radius 2 is 0.556 bits per heavy atom. The van der Waals surface area contributed by atoms with Crippen LogP contribution in [0.25, 0.3) is 0 Å². The molecule has 27 heavy (non-hydrogen) atoms. The molecule has 0 aromatic heterocycles. The third-order valence-corrected chi connectivity index (χ3v) is 141. The number of hydrogen-bond donors (Lipinski definition) is 0. The molecular weight excluding hydrogens is 452 g/mol. The molecular formula is C20H48Cl2Si5. The second-order valence-corrected chi connectivity index (χ2v) is 74.8. The van der Waals surface area contributed by atoms with Gasteiger partial charge < -0.3 is 0 Å². The highest BCUT2D eigenvalue weighted by molar-refractivity contribution is 8.25. The molecule has 0 unspecified atom stereocenters.